The molecule has 0 spiro atoms. The van der Waals surface area contributed by atoms with E-state index in [-0.39, 0.29) is 11.0 Å². The normalized spacial score (nSPS) is 16.8. The van der Waals surface area contributed by atoms with Crippen LogP contribution in [0, 0.1) is 5.92 Å². The number of ether oxygens (including phenoxy) is 1. The van der Waals surface area contributed by atoms with Crippen molar-refractivity contribution in [3.05, 3.63) is 23.8 Å². The van der Waals surface area contributed by atoms with Crippen molar-refractivity contribution >= 4 is 17.1 Å². The minimum absolute atomic E-state index is 0.0742. The highest BCUT2D eigenvalue weighted by molar-refractivity contribution is 5.88. The van der Waals surface area contributed by atoms with E-state index in [9.17, 15) is 18.0 Å². The van der Waals surface area contributed by atoms with Crippen molar-refractivity contribution in [3.63, 3.8) is 0 Å². The molecular weight excluding hydrogens is 313 g/mol. The zero-order chi connectivity index (χ0) is 16.6. The van der Waals surface area contributed by atoms with E-state index in [1.54, 1.807) is 0 Å². The molecule has 1 aliphatic rings. The Bertz CT molecular complexity index is 718. The summed E-state index contributed by atoms with van der Waals surface area (Å²) in [7, 11) is 0. The summed E-state index contributed by atoms with van der Waals surface area (Å²) in [6, 6.07) is 3.46. The Morgan fingerprint density at radius 3 is 2.70 bits per heavy atom. The first-order chi connectivity index (χ1) is 10.9. The summed E-state index contributed by atoms with van der Waals surface area (Å²) >= 11 is 0. The zero-order valence-corrected chi connectivity index (χ0v) is 12.4. The van der Waals surface area contributed by atoms with Gasteiger partial charge in [0.05, 0.1) is 10.9 Å². The average molecular weight is 328 g/mol. The number of alkyl halides is 3. The molecule has 1 aromatic carbocycles. The largest absolute Gasteiger partial charge is 0.417 e. The third kappa shape index (κ3) is 3.11. The number of hydrogen-bond acceptors (Lipinski definition) is 4. The van der Waals surface area contributed by atoms with E-state index < -0.39 is 23.7 Å². The highest BCUT2D eigenvalue weighted by Crippen LogP contribution is 2.39. The van der Waals surface area contributed by atoms with Gasteiger partial charge in [-0.1, -0.05) is 13.0 Å². The molecule has 0 N–H and O–H groups in total. The second-order valence-corrected chi connectivity index (χ2v) is 5.70. The molecule has 23 heavy (non-hydrogen) atoms. The molecule has 2 heterocycles. The van der Waals surface area contributed by atoms with Crippen LogP contribution in [0.1, 0.15) is 25.3 Å². The van der Waals surface area contributed by atoms with Crippen LogP contribution in [0.5, 0.6) is 5.88 Å². The van der Waals surface area contributed by atoms with E-state index in [1.165, 1.54) is 17.0 Å². The Morgan fingerprint density at radius 2 is 2.04 bits per heavy atom. The van der Waals surface area contributed by atoms with Crippen molar-refractivity contribution in [1.82, 2.24) is 10.1 Å². The molecule has 1 amide bonds. The number of likely N-dealkylation sites (tertiary alicyclic amines) is 1. The molecule has 2 aromatic rings. The van der Waals surface area contributed by atoms with Crippen LogP contribution in [0.4, 0.5) is 18.0 Å². The molecule has 1 saturated heterocycles. The van der Waals surface area contributed by atoms with Crippen molar-refractivity contribution in [2.75, 3.05) is 13.1 Å². The lowest BCUT2D eigenvalue weighted by Crippen LogP contribution is -2.39. The van der Waals surface area contributed by atoms with E-state index in [1.807, 2.05) is 0 Å². The Labute approximate surface area is 130 Å². The van der Waals surface area contributed by atoms with Crippen LogP contribution in [0.25, 0.3) is 11.0 Å². The third-order valence-electron chi connectivity index (χ3n) is 4.00. The minimum Gasteiger partial charge on any atom is -0.387 e. The molecule has 0 atom stereocenters. The van der Waals surface area contributed by atoms with Crippen molar-refractivity contribution in [2.45, 2.75) is 25.9 Å². The van der Waals surface area contributed by atoms with Gasteiger partial charge in [0.15, 0.2) is 5.58 Å². The van der Waals surface area contributed by atoms with Crippen molar-refractivity contribution in [3.8, 4) is 5.88 Å². The summed E-state index contributed by atoms with van der Waals surface area (Å²) in [5.41, 5.74) is -1.01. The molecule has 0 unspecified atom stereocenters. The summed E-state index contributed by atoms with van der Waals surface area (Å²) in [5, 5.41) is 3.14. The number of amides is 1. The van der Waals surface area contributed by atoms with Crippen LogP contribution >= 0.6 is 0 Å². The number of nitrogens with zero attached hydrogens (tertiary/aromatic N) is 2. The molecule has 8 heteroatoms. The van der Waals surface area contributed by atoms with E-state index in [0.717, 1.165) is 18.9 Å². The van der Waals surface area contributed by atoms with Gasteiger partial charge in [-0.05, 0) is 36.0 Å². The fraction of sp³-hybridized carbons (Fsp3) is 0.467. The van der Waals surface area contributed by atoms with Crippen LogP contribution in [0.3, 0.4) is 0 Å². The number of fused-ring (bicyclic) bond motifs is 1. The number of carbonyl (C=O) groups is 1. The Morgan fingerprint density at radius 1 is 1.35 bits per heavy atom. The molecular formula is C15H15F3N2O3. The maximum Gasteiger partial charge on any atom is 0.417 e. The Kier molecular flexibility index (Phi) is 3.91. The van der Waals surface area contributed by atoms with Gasteiger partial charge in [0.25, 0.3) is 5.88 Å². The topological polar surface area (TPSA) is 55.6 Å². The van der Waals surface area contributed by atoms with Gasteiger partial charge in [-0.3, -0.25) is 0 Å². The summed E-state index contributed by atoms with van der Waals surface area (Å²) < 4.78 is 49.2. The molecule has 0 bridgehead atoms. The highest BCUT2D eigenvalue weighted by atomic mass is 19.4. The van der Waals surface area contributed by atoms with Crippen LogP contribution < -0.4 is 4.74 Å². The molecule has 1 aromatic heterocycles. The van der Waals surface area contributed by atoms with Crippen LogP contribution in [-0.4, -0.2) is 29.2 Å². The molecule has 124 valence electrons. The summed E-state index contributed by atoms with van der Waals surface area (Å²) in [5.74, 6) is 0.0697. The van der Waals surface area contributed by atoms with Crippen LogP contribution in [0.2, 0.25) is 0 Å². The molecule has 1 fully saturated rings. The fourth-order valence-electron chi connectivity index (χ4n) is 2.61. The van der Waals surface area contributed by atoms with Crippen LogP contribution in [0.15, 0.2) is 22.7 Å². The zero-order valence-electron chi connectivity index (χ0n) is 12.4. The van der Waals surface area contributed by atoms with Gasteiger partial charge >= 0.3 is 12.3 Å². The Balaban J connectivity index is 1.87. The lowest BCUT2D eigenvalue weighted by molar-refractivity contribution is -0.136. The maximum absolute atomic E-state index is 13.1. The second kappa shape index (κ2) is 5.75. The van der Waals surface area contributed by atoms with Crippen molar-refractivity contribution in [1.29, 1.82) is 0 Å². The summed E-state index contributed by atoms with van der Waals surface area (Å²) in [6.45, 7) is 3.12. The van der Waals surface area contributed by atoms with Crippen molar-refractivity contribution < 1.29 is 27.2 Å². The highest BCUT2D eigenvalue weighted by Gasteiger charge is 2.36. The molecule has 0 saturated carbocycles. The number of piperidine rings is 1. The first kappa shape index (κ1) is 15.6. The number of halogens is 3. The molecule has 1 aliphatic heterocycles. The molecule has 0 aliphatic carbocycles. The van der Waals surface area contributed by atoms with E-state index in [2.05, 4.69) is 12.1 Å². The first-order valence-corrected chi connectivity index (χ1v) is 7.28. The van der Waals surface area contributed by atoms with Gasteiger partial charge in [0.1, 0.15) is 0 Å². The minimum atomic E-state index is -4.59. The first-order valence-electron chi connectivity index (χ1n) is 7.28. The number of hydrogen-bond donors (Lipinski definition) is 0. The van der Waals surface area contributed by atoms with E-state index in [4.69, 9.17) is 9.26 Å². The van der Waals surface area contributed by atoms with Gasteiger partial charge in [0.2, 0.25) is 0 Å². The monoisotopic (exact) mass is 328 g/mol. The standard InChI is InChI=1S/C15H15F3N2O3/c1-9-5-7-20(8-6-9)14(21)22-13-12-10(15(16,17)18)3-2-4-11(12)23-19-13/h2-4,9H,5-8H2,1H3. The summed E-state index contributed by atoms with van der Waals surface area (Å²) in [6.07, 6.45) is -3.62. The average Bonchev–Trinajstić information content (AvgIpc) is 2.90. The summed E-state index contributed by atoms with van der Waals surface area (Å²) in [4.78, 5) is 13.6. The third-order valence-corrected chi connectivity index (χ3v) is 4.00. The lowest BCUT2D eigenvalue weighted by atomic mass is 10.00. The van der Waals surface area contributed by atoms with Crippen LogP contribution in [-0.2, 0) is 6.18 Å². The number of aromatic nitrogens is 1. The fourth-order valence-corrected chi connectivity index (χ4v) is 2.61. The SMILES string of the molecule is CC1CCN(C(=O)Oc2noc3cccc(C(F)(F)F)c23)CC1. The Hall–Kier alpha value is -2.25. The van der Waals surface area contributed by atoms with Gasteiger partial charge < -0.3 is 14.2 Å². The maximum atomic E-state index is 13.1. The quantitative estimate of drug-likeness (QED) is 0.791. The van der Waals surface area contributed by atoms with Gasteiger partial charge in [-0.25, -0.2) is 4.79 Å². The number of carbonyl (C=O) groups excluding carboxylic acids is 1. The van der Waals surface area contributed by atoms with E-state index in [0.29, 0.717) is 19.0 Å². The van der Waals surface area contributed by atoms with Gasteiger partial charge in [0, 0.05) is 13.1 Å². The smallest absolute Gasteiger partial charge is 0.387 e. The van der Waals surface area contributed by atoms with Crippen molar-refractivity contribution in [2.24, 2.45) is 5.92 Å². The van der Waals surface area contributed by atoms with Gasteiger partial charge in [-0.15, -0.1) is 0 Å². The van der Waals surface area contributed by atoms with Gasteiger partial charge in [-0.2, -0.15) is 13.2 Å². The predicted molar refractivity (Wildman–Crippen MR) is 75.0 cm³/mol. The molecule has 0 radical (unpaired) electrons. The van der Waals surface area contributed by atoms with E-state index >= 15 is 0 Å². The molecule has 3 rings (SSSR count). The number of rotatable bonds is 1. The predicted octanol–water partition coefficient (Wildman–Crippen LogP) is 4.08. The molecule has 5 nitrogen and oxygen atoms in total. The number of benzene rings is 1. The second-order valence-electron chi connectivity index (χ2n) is 5.70. The lowest BCUT2D eigenvalue weighted by Gasteiger charge is -2.28.